The Morgan fingerprint density at radius 2 is 1.88 bits per heavy atom. The highest BCUT2D eigenvalue weighted by Crippen LogP contribution is 2.29. The van der Waals surface area contributed by atoms with Crippen LogP contribution in [0.15, 0.2) is 41.3 Å². The number of pyridine rings is 1. The zero-order chi connectivity index (χ0) is 23.6. The molecule has 0 amide bonds. The molecule has 1 atom stereocenters. The summed E-state index contributed by atoms with van der Waals surface area (Å²) in [7, 11) is -2.56. The highest BCUT2D eigenvalue weighted by molar-refractivity contribution is 7.91. The highest BCUT2D eigenvalue weighted by Gasteiger charge is 2.25. The first-order valence-electron chi connectivity index (χ1n) is 9.86. The normalized spacial score (nSPS) is 12.6. The van der Waals surface area contributed by atoms with E-state index in [0.29, 0.717) is 16.7 Å². The van der Waals surface area contributed by atoms with Gasteiger partial charge in [0.05, 0.1) is 17.1 Å². The molecule has 170 valence electrons. The van der Waals surface area contributed by atoms with Crippen molar-refractivity contribution in [3.8, 4) is 23.0 Å². The minimum Gasteiger partial charge on any atom is -0.421 e. The first kappa shape index (κ1) is 23.5. The van der Waals surface area contributed by atoms with Gasteiger partial charge in [-0.15, -0.1) is 0 Å². The number of sulfone groups is 1. The van der Waals surface area contributed by atoms with Crippen LogP contribution in [0.2, 0.25) is 0 Å². The minimum absolute atomic E-state index is 0.0124. The van der Waals surface area contributed by atoms with E-state index < -0.39 is 26.9 Å². The van der Waals surface area contributed by atoms with Crippen LogP contribution >= 0.6 is 0 Å². The van der Waals surface area contributed by atoms with Gasteiger partial charge in [-0.3, -0.25) is 4.79 Å². The van der Waals surface area contributed by atoms with Crippen molar-refractivity contribution in [1.29, 1.82) is 0 Å². The number of benzene rings is 1. The van der Waals surface area contributed by atoms with Gasteiger partial charge in [0, 0.05) is 24.4 Å². The van der Waals surface area contributed by atoms with Gasteiger partial charge in [0.25, 0.3) is 5.56 Å². The van der Waals surface area contributed by atoms with Gasteiger partial charge in [-0.2, -0.15) is 9.97 Å². The molecule has 0 radical (unpaired) electrons. The third-order valence-electron chi connectivity index (χ3n) is 4.83. The molecule has 0 fully saturated rings. The van der Waals surface area contributed by atoms with Crippen LogP contribution in [0.1, 0.15) is 30.2 Å². The van der Waals surface area contributed by atoms with E-state index in [0.717, 1.165) is 0 Å². The fraction of sp³-hybridized carbons (Fsp3) is 0.318. The lowest BCUT2D eigenvalue weighted by Gasteiger charge is -2.13. The standard InChI is InChI=1S/C22H23F2N3O4S/c1-5-19(24)32(29,30)12-16-10-18(15-9-14(3)21(28)27(4)11-15)26-22(25-16)31-20-13(2)7-6-8-17(20)23/h6-11,19H,5,12H2,1-4H3. The van der Waals surface area contributed by atoms with Crippen molar-refractivity contribution in [2.45, 2.75) is 38.4 Å². The molecule has 7 nitrogen and oxygen atoms in total. The Kier molecular flexibility index (Phi) is 6.73. The first-order valence-corrected chi connectivity index (χ1v) is 11.6. The molecule has 2 aromatic heterocycles. The smallest absolute Gasteiger partial charge is 0.322 e. The van der Waals surface area contributed by atoms with E-state index in [1.807, 2.05) is 0 Å². The van der Waals surface area contributed by atoms with E-state index in [1.165, 1.54) is 35.9 Å². The molecule has 1 unspecified atom stereocenters. The Balaban J connectivity index is 2.15. The van der Waals surface area contributed by atoms with E-state index in [9.17, 15) is 22.0 Å². The quantitative estimate of drug-likeness (QED) is 0.526. The van der Waals surface area contributed by atoms with Crippen molar-refractivity contribution in [2.75, 3.05) is 0 Å². The van der Waals surface area contributed by atoms with E-state index >= 15 is 0 Å². The van der Waals surface area contributed by atoms with Crippen LogP contribution in [0.3, 0.4) is 0 Å². The largest absolute Gasteiger partial charge is 0.421 e. The maximum atomic E-state index is 14.3. The van der Waals surface area contributed by atoms with Gasteiger partial charge in [-0.1, -0.05) is 19.1 Å². The Hall–Kier alpha value is -3.14. The first-order chi connectivity index (χ1) is 15.0. The SMILES string of the molecule is CCC(F)S(=O)(=O)Cc1cc(-c2cc(C)c(=O)n(C)c2)nc(Oc2c(C)cccc2F)n1. The summed E-state index contributed by atoms with van der Waals surface area (Å²) in [6.45, 7) is 4.70. The maximum absolute atomic E-state index is 14.3. The van der Waals surface area contributed by atoms with Gasteiger partial charge in [0.1, 0.15) is 0 Å². The summed E-state index contributed by atoms with van der Waals surface area (Å²) in [5.74, 6) is -1.43. The topological polar surface area (TPSA) is 91.2 Å². The molecule has 0 aliphatic rings. The van der Waals surface area contributed by atoms with Gasteiger partial charge in [0.15, 0.2) is 21.4 Å². The monoisotopic (exact) mass is 463 g/mol. The number of aryl methyl sites for hydroxylation is 3. The van der Waals surface area contributed by atoms with Crippen LogP contribution in [-0.2, 0) is 22.6 Å². The molecule has 10 heteroatoms. The Labute approximate surface area is 184 Å². The average Bonchev–Trinajstić information content (AvgIpc) is 2.73. The summed E-state index contributed by atoms with van der Waals surface area (Å²) >= 11 is 0. The molecule has 2 heterocycles. The maximum Gasteiger partial charge on any atom is 0.322 e. The minimum atomic E-state index is -4.13. The number of alkyl halides is 1. The summed E-state index contributed by atoms with van der Waals surface area (Å²) in [6, 6.07) is 7.05. The van der Waals surface area contributed by atoms with Crippen molar-refractivity contribution in [2.24, 2.45) is 7.05 Å². The molecule has 0 N–H and O–H groups in total. The Morgan fingerprint density at radius 3 is 2.50 bits per heavy atom. The number of rotatable bonds is 7. The number of hydrogen-bond donors (Lipinski definition) is 0. The molecule has 32 heavy (non-hydrogen) atoms. The molecule has 0 saturated heterocycles. The van der Waals surface area contributed by atoms with Crippen LogP contribution in [0, 0.1) is 19.7 Å². The third-order valence-corrected chi connectivity index (χ3v) is 6.64. The summed E-state index contributed by atoms with van der Waals surface area (Å²) in [4.78, 5) is 20.4. The van der Waals surface area contributed by atoms with Crippen molar-refractivity contribution in [3.05, 3.63) is 69.5 Å². The number of aromatic nitrogens is 3. The summed E-state index contributed by atoms with van der Waals surface area (Å²) in [5, 5.41) is 0. The molecular weight excluding hydrogens is 440 g/mol. The second-order valence-electron chi connectivity index (χ2n) is 7.47. The van der Waals surface area contributed by atoms with Crippen molar-refractivity contribution in [1.82, 2.24) is 14.5 Å². The van der Waals surface area contributed by atoms with Crippen LogP contribution in [-0.4, -0.2) is 28.5 Å². The molecule has 3 rings (SSSR count). The Bertz CT molecular complexity index is 1280. The molecule has 1 aromatic carbocycles. The molecular formula is C22H23F2N3O4S. The molecule has 0 aliphatic carbocycles. The number of para-hydroxylation sites is 1. The fourth-order valence-corrected chi connectivity index (χ4v) is 4.40. The van der Waals surface area contributed by atoms with Gasteiger partial charge in [0.2, 0.25) is 5.50 Å². The molecule has 0 aliphatic heterocycles. The second kappa shape index (κ2) is 9.15. The summed E-state index contributed by atoms with van der Waals surface area (Å²) in [5.41, 5.74) is -0.582. The van der Waals surface area contributed by atoms with Gasteiger partial charge in [-0.05, 0) is 44.0 Å². The van der Waals surface area contributed by atoms with Crippen molar-refractivity contribution >= 4 is 9.84 Å². The van der Waals surface area contributed by atoms with E-state index in [-0.39, 0.29) is 35.1 Å². The van der Waals surface area contributed by atoms with Crippen molar-refractivity contribution in [3.63, 3.8) is 0 Å². The zero-order valence-electron chi connectivity index (χ0n) is 18.1. The molecule has 3 aromatic rings. The number of nitrogens with zero attached hydrogens (tertiary/aromatic N) is 3. The van der Waals surface area contributed by atoms with E-state index in [1.54, 1.807) is 33.0 Å². The van der Waals surface area contributed by atoms with Crippen LogP contribution in [0.5, 0.6) is 11.8 Å². The van der Waals surface area contributed by atoms with E-state index in [4.69, 9.17) is 4.74 Å². The van der Waals surface area contributed by atoms with Gasteiger partial charge < -0.3 is 9.30 Å². The zero-order valence-corrected chi connectivity index (χ0v) is 18.9. The average molecular weight is 464 g/mol. The summed E-state index contributed by atoms with van der Waals surface area (Å²) in [6.07, 6.45) is 1.33. The molecule has 0 spiro atoms. The van der Waals surface area contributed by atoms with Gasteiger partial charge in [-0.25, -0.2) is 17.2 Å². The lowest BCUT2D eigenvalue weighted by atomic mass is 10.1. The van der Waals surface area contributed by atoms with Crippen molar-refractivity contribution < 1.29 is 21.9 Å². The highest BCUT2D eigenvalue weighted by atomic mass is 32.2. The third kappa shape index (κ3) is 5.01. The van der Waals surface area contributed by atoms with Gasteiger partial charge >= 0.3 is 6.01 Å². The lowest BCUT2D eigenvalue weighted by Crippen LogP contribution is -2.19. The molecule has 0 saturated carbocycles. The summed E-state index contributed by atoms with van der Waals surface area (Å²) < 4.78 is 59.8. The lowest BCUT2D eigenvalue weighted by molar-refractivity contribution is 0.404. The fourth-order valence-electron chi connectivity index (χ4n) is 3.15. The van der Waals surface area contributed by atoms with E-state index in [2.05, 4.69) is 9.97 Å². The molecule has 0 bridgehead atoms. The number of halogens is 2. The number of ether oxygens (including phenoxy) is 1. The predicted molar refractivity (Wildman–Crippen MR) is 116 cm³/mol. The van der Waals surface area contributed by atoms with Crippen LogP contribution in [0.25, 0.3) is 11.3 Å². The van der Waals surface area contributed by atoms with Crippen LogP contribution in [0.4, 0.5) is 8.78 Å². The number of hydrogen-bond acceptors (Lipinski definition) is 6. The van der Waals surface area contributed by atoms with Crippen LogP contribution < -0.4 is 10.3 Å². The predicted octanol–water partition coefficient (Wildman–Crippen LogP) is 4.01. The second-order valence-corrected chi connectivity index (χ2v) is 9.59. The Morgan fingerprint density at radius 1 is 1.16 bits per heavy atom.